The van der Waals surface area contributed by atoms with Gasteiger partial charge in [0.2, 0.25) is 5.90 Å². The normalized spacial score (nSPS) is 15.4. The maximum Gasteiger partial charge on any atom is 0.363 e. The second-order valence-electron chi connectivity index (χ2n) is 4.83. The zero-order valence-electron chi connectivity index (χ0n) is 12.3. The predicted octanol–water partition coefficient (Wildman–Crippen LogP) is 5.33. The molecule has 0 saturated carbocycles. The smallest absolute Gasteiger partial charge is 0.363 e. The monoisotopic (exact) mass is 513 g/mol. The van der Waals surface area contributed by atoms with Gasteiger partial charge in [0.25, 0.3) is 0 Å². The maximum atomic E-state index is 12.2. The minimum absolute atomic E-state index is 0.212. The second-order valence-corrected chi connectivity index (χ2v) is 7.45. The molecule has 0 bridgehead atoms. The van der Waals surface area contributed by atoms with Crippen LogP contribution in [0.4, 0.5) is 0 Å². The summed E-state index contributed by atoms with van der Waals surface area (Å²) in [7, 11) is 1.57. The van der Waals surface area contributed by atoms with Gasteiger partial charge in [-0.1, -0.05) is 28.1 Å². The van der Waals surface area contributed by atoms with Crippen LogP contribution in [0.1, 0.15) is 11.1 Å². The molecule has 0 radical (unpaired) electrons. The quantitative estimate of drug-likeness (QED) is 0.410. The summed E-state index contributed by atoms with van der Waals surface area (Å²) in [6.07, 6.45) is 1.64. The van der Waals surface area contributed by atoms with Crippen LogP contribution in [-0.4, -0.2) is 19.0 Å². The molecule has 1 aliphatic rings. The van der Waals surface area contributed by atoms with Crippen LogP contribution >= 0.6 is 47.8 Å². The number of hydrogen-bond acceptors (Lipinski definition) is 4. The first-order valence-electron chi connectivity index (χ1n) is 6.80. The van der Waals surface area contributed by atoms with Gasteiger partial charge in [0.05, 0.1) is 17.1 Å². The highest BCUT2D eigenvalue weighted by Gasteiger charge is 2.26. The van der Waals surface area contributed by atoms with E-state index in [4.69, 9.17) is 9.47 Å². The van der Waals surface area contributed by atoms with Gasteiger partial charge in [-0.05, 0) is 62.2 Å². The number of carbonyl (C=O) groups excluding carboxylic acids is 1. The lowest BCUT2D eigenvalue weighted by Crippen LogP contribution is -2.05. The first-order chi connectivity index (χ1) is 11.5. The molecule has 3 rings (SSSR count). The van der Waals surface area contributed by atoms with Crippen LogP contribution in [0.25, 0.3) is 6.08 Å². The largest absolute Gasteiger partial charge is 0.495 e. The number of ether oxygens (including phenoxy) is 2. The first-order valence-corrected chi connectivity index (χ1v) is 9.18. The summed E-state index contributed by atoms with van der Waals surface area (Å²) in [5.74, 6) is 0.383. The van der Waals surface area contributed by atoms with E-state index in [1.54, 1.807) is 13.2 Å². The van der Waals surface area contributed by atoms with E-state index in [-0.39, 0.29) is 11.6 Å². The van der Waals surface area contributed by atoms with Crippen molar-refractivity contribution in [1.82, 2.24) is 0 Å². The first kappa shape index (κ1) is 17.4. The van der Waals surface area contributed by atoms with E-state index in [1.807, 2.05) is 36.4 Å². The van der Waals surface area contributed by atoms with Crippen LogP contribution in [0.3, 0.4) is 0 Å². The van der Waals surface area contributed by atoms with E-state index in [1.165, 1.54) is 0 Å². The van der Waals surface area contributed by atoms with Crippen molar-refractivity contribution >= 4 is 65.7 Å². The summed E-state index contributed by atoms with van der Waals surface area (Å²) in [4.78, 5) is 16.5. The lowest BCUT2D eigenvalue weighted by molar-refractivity contribution is -0.129. The fraction of sp³-hybridized carbons (Fsp3) is 0.0588. The number of rotatable bonds is 3. The van der Waals surface area contributed by atoms with Crippen LogP contribution in [0, 0.1) is 0 Å². The SMILES string of the molecule is COc1c(Br)cc(Br)cc1C=C1N=C(c2ccccc2Br)OC1=O. The van der Waals surface area contributed by atoms with Crippen LogP contribution in [0.2, 0.25) is 0 Å². The minimum Gasteiger partial charge on any atom is -0.495 e. The lowest BCUT2D eigenvalue weighted by Gasteiger charge is -2.08. The van der Waals surface area contributed by atoms with Gasteiger partial charge in [0, 0.05) is 14.5 Å². The van der Waals surface area contributed by atoms with Gasteiger partial charge in [-0.15, -0.1) is 0 Å². The predicted molar refractivity (Wildman–Crippen MR) is 103 cm³/mol. The molecule has 0 saturated heterocycles. The highest BCUT2D eigenvalue weighted by atomic mass is 79.9. The summed E-state index contributed by atoms with van der Waals surface area (Å²) < 4.78 is 13.1. The van der Waals surface area contributed by atoms with Crippen molar-refractivity contribution in [3.8, 4) is 5.75 Å². The molecule has 0 aromatic heterocycles. The molecule has 4 nitrogen and oxygen atoms in total. The molecular formula is C17H10Br3NO3. The zero-order valence-corrected chi connectivity index (χ0v) is 17.1. The molecule has 0 fully saturated rings. The number of benzene rings is 2. The molecule has 122 valence electrons. The lowest BCUT2D eigenvalue weighted by atomic mass is 10.1. The average molecular weight is 516 g/mol. The summed E-state index contributed by atoms with van der Waals surface area (Å²) in [5.41, 5.74) is 1.64. The van der Waals surface area contributed by atoms with Gasteiger partial charge in [0.1, 0.15) is 5.75 Å². The number of hydrogen-bond donors (Lipinski definition) is 0. The van der Waals surface area contributed by atoms with Gasteiger partial charge in [-0.2, -0.15) is 0 Å². The molecule has 7 heteroatoms. The minimum atomic E-state index is -0.501. The number of cyclic esters (lactones) is 1. The Hall–Kier alpha value is -1.44. The van der Waals surface area contributed by atoms with E-state index >= 15 is 0 Å². The zero-order chi connectivity index (χ0) is 17.3. The van der Waals surface area contributed by atoms with Crippen molar-refractivity contribution in [3.63, 3.8) is 0 Å². The molecule has 2 aromatic carbocycles. The van der Waals surface area contributed by atoms with E-state index in [0.717, 1.165) is 19.0 Å². The molecule has 0 spiro atoms. The Balaban J connectivity index is 2.06. The average Bonchev–Trinajstić information content (AvgIpc) is 2.88. The van der Waals surface area contributed by atoms with Gasteiger partial charge in [-0.25, -0.2) is 9.79 Å². The molecule has 24 heavy (non-hydrogen) atoms. The molecule has 0 amide bonds. The van der Waals surface area contributed by atoms with Gasteiger partial charge < -0.3 is 9.47 Å². The molecule has 1 aliphatic heterocycles. The van der Waals surface area contributed by atoms with Crippen molar-refractivity contribution < 1.29 is 14.3 Å². The van der Waals surface area contributed by atoms with Crippen LogP contribution in [-0.2, 0) is 9.53 Å². The van der Waals surface area contributed by atoms with E-state index in [9.17, 15) is 4.79 Å². The highest BCUT2D eigenvalue weighted by molar-refractivity contribution is 9.11. The van der Waals surface area contributed by atoms with Crippen LogP contribution in [0.15, 0.2) is 60.5 Å². The van der Waals surface area contributed by atoms with Crippen molar-refractivity contribution in [2.45, 2.75) is 0 Å². The summed E-state index contributed by atoms with van der Waals surface area (Å²) in [5, 5.41) is 0. The van der Waals surface area contributed by atoms with Crippen LogP contribution < -0.4 is 4.74 Å². The van der Waals surface area contributed by atoms with Gasteiger partial charge >= 0.3 is 5.97 Å². The maximum absolute atomic E-state index is 12.2. The Morgan fingerprint density at radius 2 is 1.88 bits per heavy atom. The number of nitrogens with zero attached hydrogens (tertiary/aromatic N) is 1. The van der Waals surface area contributed by atoms with E-state index < -0.39 is 5.97 Å². The van der Waals surface area contributed by atoms with Crippen molar-refractivity contribution in [3.05, 3.63) is 66.6 Å². The van der Waals surface area contributed by atoms with Gasteiger partial charge in [-0.3, -0.25) is 0 Å². The Kier molecular flexibility index (Phi) is 5.22. The van der Waals surface area contributed by atoms with E-state index in [0.29, 0.717) is 11.3 Å². The van der Waals surface area contributed by atoms with Crippen molar-refractivity contribution in [2.24, 2.45) is 4.99 Å². The fourth-order valence-electron chi connectivity index (χ4n) is 2.21. The van der Waals surface area contributed by atoms with E-state index in [2.05, 4.69) is 52.8 Å². The number of aliphatic imine (C=N–C) groups is 1. The molecule has 1 heterocycles. The number of esters is 1. The number of halogens is 3. The van der Waals surface area contributed by atoms with Crippen molar-refractivity contribution in [2.75, 3.05) is 7.11 Å². The van der Waals surface area contributed by atoms with Crippen LogP contribution in [0.5, 0.6) is 5.75 Å². The molecule has 0 atom stereocenters. The molecule has 2 aromatic rings. The number of carbonyl (C=O) groups is 1. The third-order valence-corrected chi connectivity index (χ3v) is 5.00. The third-order valence-electron chi connectivity index (χ3n) is 3.26. The number of methoxy groups -OCH3 is 1. The Morgan fingerprint density at radius 3 is 2.58 bits per heavy atom. The summed E-state index contributed by atoms with van der Waals surface area (Å²) in [6, 6.07) is 11.1. The Labute approximate surface area is 164 Å². The molecule has 0 aliphatic carbocycles. The highest BCUT2D eigenvalue weighted by Crippen LogP contribution is 2.35. The second kappa shape index (κ2) is 7.21. The summed E-state index contributed by atoms with van der Waals surface area (Å²) in [6.45, 7) is 0. The molecular weight excluding hydrogens is 506 g/mol. The summed E-state index contributed by atoms with van der Waals surface area (Å²) >= 11 is 10.3. The third kappa shape index (κ3) is 3.48. The molecule has 0 unspecified atom stereocenters. The topological polar surface area (TPSA) is 47.9 Å². The van der Waals surface area contributed by atoms with Gasteiger partial charge in [0.15, 0.2) is 5.70 Å². The van der Waals surface area contributed by atoms with Crippen molar-refractivity contribution in [1.29, 1.82) is 0 Å². The fourth-order valence-corrected chi connectivity index (χ4v) is 4.08. The Morgan fingerprint density at radius 1 is 1.12 bits per heavy atom. The Bertz CT molecular complexity index is 891. The molecule has 0 N–H and O–H groups in total. The standard InChI is InChI=1S/C17H10Br3NO3/c1-23-15-9(6-10(18)8-13(15)20)7-14-17(22)24-16(21-14)11-4-2-3-5-12(11)19/h2-8H,1H3.